The predicted octanol–water partition coefficient (Wildman–Crippen LogP) is 3.85. The molecule has 0 radical (unpaired) electrons. The SMILES string of the molecule is COc1cc2c(NC3(C)C=CC(F)=C(F)C3)ncnc2cc1O[C@@H]1COC2CCOC21. The Morgan fingerprint density at radius 2 is 2.06 bits per heavy atom. The van der Waals surface area contributed by atoms with Gasteiger partial charge in [0, 0.05) is 24.5 Å². The summed E-state index contributed by atoms with van der Waals surface area (Å²) >= 11 is 0. The summed E-state index contributed by atoms with van der Waals surface area (Å²) in [5.74, 6) is -0.118. The monoisotopic (exact) mass is 431 g/mol. The summed E-state index contributed by atoms with van der Waals surface area (Å²) in [6.07, 6.45) is 4.63. The van der Waals surface area contributed by atoms with Gasteiger partial charge in [-0.05, 0) is 25.5 Å². The summed E-state index contributed by atoms with van der Waals surface area (Å²) < 4.78 is 50.6. The van der Waals surface area contributed by atoms with Crippen molar-refractivity contribution in [3.63, 3.8) is 0 Å². The van der Waals surface area contributed by atoms with E-state index in [0.717, 1.165) is 12.5 Å². The Morgan fingerprint density at radius 3 is 2.87 bits per heavy atom. The van der Waals surface area contributed by atoms with Crippen LogP contribution in [0.1, 0.15) is 19.8 Å². The Bertz CT molecular complexity index is 1080. The molecular weight excluding hydrogens is 408 g/mol. The van der Waals surface area contributed by atoms with Gasteiger partial charge in [-0.25, -0.2) is 18.7 Å². The number of nitrogens with one attached hydrogen (secondary N) is 1. The first kappa shape index (κ1) is 20.1. The molecule has 1 N–H and O–H groups in total. The topological polar surface area (TPSA) is 74.7 Å². The van der Waals surface area contributed by atoms with Crippen molar-refractivity contribution < 1.29 is 27.7 Å². The summed E-state index contributed by atoms with van der Waals surface area (Å²) in [7, 11) is 1.55. The van der Waals surface area contributed by atoms with E-state index in [1.165, 1.54) is 6.33 Å². The van der Waals surface area contributed by atoms with Crippen LogP contribution in [0.25, 0.3) is 10.9 Å². The second kappa shape index (κ2) is 7.72. The molecule has 4 atom stereocenters. The molecule has 2 fully saturated rings. The van der Waals surface area contributed by atoms with Crippen molar-refractivity contribution in [1.82, 2.24) is 9.97 Å². The van der Waals surface area contributed by atoms with Gasteiger partial charge in [-0.3, -0.25) is 0 Å². The fraction of sp³-hybridized carbons (Fsp3) is 0.455. The Hall–Kier alpha value is -2.78. The number of halogens is 2. The van der Waals surface area contributed by atoms with Crippen LogP contribution in [0, 0.1) is 0 Å². The zero-order valence-corrected chi connectivity index (χ0v) is 17.2. The number of allylic oxidation sites excluding steroid dienone is 2. The molecule has 3 aliphatic rings. The number of hydrogen-bond acceptors (Lipinski definition) is 7. The van der Waals surface area contributed by atoms with Gasteiger partial charge in [-0.1, -0.05) is 6.08 Å². The lowest BCUT2D eigenvalue weighted by atomic mass is 9.92. The maximum Gasteiger partial charge on any atom is 0.164 e. The summed E-state index contributed by atoms with van der Waals surface area (Å²) in [6.45, 7) is 2.89. The van der Waals surface area contributed by atoms with Crippen molar-refractivity contribution in [2.45, 2.75) is 43.6 Å². The number of nitrogens with zero attached hydrogens (tertiary/aromatic N) is 2. The van der Waals surface area contributed by atoms with Crippen LogP contribution in [0.15, 0.2) is 42.3 Å². The van der Waals surface area contributed by atoms with E-state index in [1.54, 1.807) is 32.2 Å². The lowest BCUT2D eigenvalue weighted by Gasteiger charge is -2.30. The Labute approximate surface area is 178 Å². The average molecular weight is 431 g/mol. The minimum absolute atomic E-state index is 0.0677. The van der Waals surface area contributed by atoms with Gasteiger partial charge in [-0.2, -0.15) is 0 Å². The molecule has 3 heterocycles. The summed E-state index contributed by atoms with van der Waals surface area (Å²) in [5, 5.41) is 3.89. The quantitative estimate of drug-likeness (QED) is 0.771. The first-order chi connectivity index (χ1) is 15.0. The number of ether oxygens (including phenoxy) is 4. The maximum absolute atomic E-state index is 13.9. The highest BCUT2D eigenvalue weighted by atomic mass is 19.2. The van der Waals surface area contributed by atoms with Crippen molar-refractivity contribution in [2.75, 3.05) is 25.6 Å². The molecule has 1 aromatic carbocycles. The van der Waals surface area contributed by atoms with E-state index in [2.05, 4.69) is 15.3 Å². The molecule has 31 heavy (non-hydrogen) atoms. The molecule has 164 valence electrons. The number of anilines is 1. The van der Waals surface area contributed by atoms with E-state index in [1.807, 2.05) is 0 Å². The van der Waals surface area contributed by atoms with Gasteiger partial charge in [0.2, 0.25) is 0 Å². The van der Waals surface area contributed by atoms with Crippen molar-refractivity contribution in [3.05, 3.63) is 42.3 Å². The fourth-order valence-electron chi connectivity index (χ4n) is 4.28. The van der Waals surface area contributed by atoms with Gasteiger partial charge in [-0.15, -0.1) is 0 Å². The number of methoxy groups -OCH3 is 1. The summed E-state index contributed by atoms with van der Waals surface area (Å²) in [4.78, 5) is 8.67. The van der Waals surface area contributed by atoms with Crippen LogP contribution < -0.4 is 14.8 Å². The summed E-state index contributed by atoms with van der Waals surface area (Å²) in [6, 6.07) is 3.56. The van der Waals surface area contributed by atoms with Crippen LogP contribution in [0.5, 0.6) is 11.5 Å². The number of hydrogen-bond donors (Lipinski definition) is 1. The smallest absolute Gasteiger partial charge is 0.164 e. The standard InChI is InChI=1S/C22H23F2N3O4/c1-22(5-3-13(23)14(24)9-22)27-21-12-7-17(28-2)18(8-15(12)25-11-26-21)31-19-10-30-16-4-6-29-20(16)19/h3,5,7-8,11,16,19-20H,4,6,9-10H2,1-2H3,(H,25,26,27)/t16?,19-,20?,22?/m1/s1. The second-order valence-corrected chi connectivity index (χ2v) is 8.20. The van der Waals surface area contributed by atoms with Crippen molar-refractivity contribution in [2.24, 2.45) is 0 Å². The molecule has 0 saturated carbocycles. The van der Waals surface area contributed by atoms with Gasteiger partial charge >= 0.3 is 0 Å². The van der Waals surface area contributed by atoms with Crippen LogP contribution in [0.2, 0.25) is 0 Å². The van der Waals surface area contributed by atoms with Crippen LogP contribution >= 0.6 is 0 Å². The predicted molar refractivity (Wildman–Crippen MR) is 110 cm³/mol. The number of fused-ring (bicyclic) bond motifs is 2. The molecule has 2 saturated heterocycles. The number of benzene rings is 1. The summed E-state index contributed by atoms with van der Waals surface area (Å²) in [5.41, 5.74) is -0.207. The molecule has 0 bridgehead atoms. The highest BCUT2D eigenvalue weighted by molar-refractivity contribution is 5.92. The molecule has 5 rings (SSSR count). The van der Waals surface area contributed by atoms with Crippen molar-refractivity contribution in [1.29, 1.82) is 0 Å². The highest BCUT2D eigenvalue weighted by Gasteiger charge is 2.43. The fourth-order valence-corrected chi connectivity index (χ4v) is 4.28. The third-order valence-electron chi connectivity index (χ3n) is 5.90. The Balaban J connectivity index is 1.45. The van der Waals surface area contributed by atoms with Crippen LogP contribution in [-0.2, 0) is 9.47 Å². The van der Waals surface area contributed by atoms with E-state index in [0.29, 0.717) is 41.4 Å². The second-order valence-electron chi connectivity index (χ2n) is 8.20. The molecule has 3 unspecified atom stereocenters. The average Bonchev–Trinajstić information content (AvgIpc) is 3.36. The zero-order chi connectivity index (χ0) is 21.6. The number of aromatic nitrogens is 2. The molecule has 0 spiro atoms. The van der Waals surface area contributed by atoms with Crippen LogP contribution in [0.4, 0.5) is 14.6 Å². The van der Waals surface area contributed by atoms with Gasteiger partial charge in [0.15, 0.2) is 23.4 Å². The first-order valence-electron chi connectivity index (χ1n) is 10.2. The Kier molecular flexibility index (Phi) is 5.02. The normalized spacial score (nSPS) is 30.0. The molecule has 7 nitrogen and oxygen atoms in total. The molecule has 0 amide bonds. The third kappa shape index (κ3) is 3.72. The lowest BCUT2D eigenvalue weighted by molar-refractivity contribution is 0.0298. The minimum atomic E-state index is -0.848. The Morgan fingerprint density at radius 1 is 1.19 bits per heavy atom. The molecule has 1 aromatic heterocycles. The van der Waals surface area contributed by atoms with Crippen LogP contribution in [0.3, 0.4) is 0 Å². The van der Waals surface area contributed by atoms with E-state index in [4.69, 9.17) is 18.9 Å². The van der Waals surface area contributed by atoms with E-state index in [9.17, 15) is 8.78 Å². The lowest BCUT2D eigenvalue weighted by Crippen LogP contribution is -2.34. The van der Waals surface area contributed by atoms with Gasteiger partial charge in [0.05, 0.1) is 30.9 Å². The van der Waals surface area contributed by atoms with Crippen molar-refractivity contribution in [3.8, 4) is 11.5 Å². The third-order valence-corrected chi connectivity index (χ3v) is 5.90. The molecular formula is C22H23F2N3O4. The largest absolute Gasteiger partial charge is 0.493 e. The molecule has 9 heteroatoms. The van der Waals surface area contributed by atoms with Crippen LogP contribution in [-0.4, -0.2) is 54.1 Å². The zero-order valence-electron chi connectivity index (χ0n) is 17.2. The van der Waals surface area contributed by atoms with Gasteiger partial charge in [0.25, 0.3) is 0 Å². The molecule has 2 aromatic rings. The van der Waals surface area contributed by atoms with E-state index in [-0.39, 0.29) is 24.7 Å². The van der Waals surface area contributed by atoms with E-state index < -0.39 is 17.2 Å². The van der Waals surface area contributed by atoms with E-state index >= 15 is 0 Å². The number of rotatable bonds is 5. The highest BCUT2D eigenvalue weighted by Crippen LogP contribution is 2.39. The van der Waals surface area contributed by atoms with Gasteiger partial charge in [0.1, 0.15) is 24.1 Å². The molecule has 1 aliphatic carbocycles. The van der Waals surface area contributed by atoms with Gasteiger partial charge < -0.3 is 24.3 Å². The minimum Gasteiger partial charge on any atom is -0.493 e. The maximum atomic E-state index is 13.9. The van der Waals surface area contributed by atoms with Crippen molar-refractivity contribution >= 4 is 16.7 Å². The first-order valence-corrected chi connectivity index (χ1v) is 10.2. The molecule has 2 aliphatic heterocycles.